The number of sulfonamides is 1. The first-order valence-electron chi connectivity index (χ1n) is 6.40. The number of carbonyl (C=O) groups is 1. The molecule has 1 atom stereocenters. The van der Waals surface area contributed by atoms with E-state index in [2.05, 4.69) is 20.7 Å². The Labute approximate surface area is 131 Å². The van der Waals surface area contributed by atoms with Gasteiger partial charge in [-0.2, -0.15) is 0 Å². The fourth-order valence-corrected chi connectivity index (χ4v) is 4.39. The summed E-state index contributed by atoms with van der Waals surface area (Å²) in [6, 6.07) is 3.80. The Morgan fingerprint density at radius 2 is 2.24 bits per heavy atom. The van der Waals surface area contributed by atoms with Crippen LogP contribution in [0.5, 0.6) is 0 Å². The van der Waals surface area contributed by atoms with Gasteiger partial charge in [-0.3, -0.25) is 0 Å². The van der Waals surface area contributed by atoms with Gasteiger partial charge in [0.05, 0.1) is 16.1 Å². The lowest BCUT2D eigenvalue weighted by atomic mass is 10.0. The molecule has 1 aliphatic heterocycles. The van der Waals surface area contributed by atoms with Crippen LogP contribution in [0.2, 0.25) is 0 Å². The third kappa shape index (κ3) is 3.82. The van der Waals surface area contributed by atoms with Gasteiger partial charge in [-0.1, -0.05) is 0 Å². The monoisotopic (exact) mass is 377 g/mol. The number of benzene rings is 1. The maximum atomic E-state index is 12.3. The van der Waals surface area contributed by atoms with Gasteiger partial charge in [0, 0.05) is 17.6 Å². The first kappa shape index (κ1) is 16.4. The molecule has 0 bridgehead atoms. The molecule has 0 spiro atoms. The lowest BCUT2D eigenvalue weighted by molar-refractivity contribution is 0.0250. The average Bonchev–Trinajstić information content (AvgIpc) is 2.84. The number of ether oxygens (including phenoxy) is 1. The van der Waals surface area contributed by atoms with Crippen molar-refractivity contribution in [1.82, 2.24) is 4.72 Å². The zero-order valence-corrected chi connectivity index (χ0v) is 13.8. The number of carboxylic acid groups (broad SMARTS) is 1. The molecule has 2 rings (SSSR count). The summed E-state index contributed by atoms with van der Waals surface area (Å²) in [6.45, 7) is 2.68. The molecule has 1 saturated heterocycles. The summed E-state index contributed by atoms with van der Waals surface area (Å²) in [5.41, 5.74) is -0.465. The van der Waals surface area contributed by atoms with Gasteiger partial charge in [-0.15, -0.1) is 0 Å². The van der Waals surface area contributed by atoms with Gasteiger partial charge in [0.15, 0.2) is 0 Å². The standard InChI is InChI=1S/C13H16BrNO5S/c1-13(5-2-6-20-13)8-15-21(18,19)11-4-3-9(12(16)17)7-10(11)14/h3-4,7,15H,2,5-6,8H2,1H3,(H,16,17). The number of carboxylic acids is 1. The molecule has 0 aliphatic carbocycles. The van der Waals surface area contributed by atoms with Gasteiger partial charge in [0.2, 0.25) is 10.0 Å². The summed E-state index contributed by atoms with van der Waals surface area (Å²) in [7, 11) is -3.73. The van der Waals surface area contributed by atoms with E-state index in [0.717, 1.165) is 12.8 Å². The Kier molecular flexibility index (Phi) is 4.72. The Morgan fingerprint density at radius 1 is 1.52 bits per heavy atom. The Hall–Kier alpha value is -0.960. The summed E-state index contributed by atoms with van der Waals surface area (Å²) in [5, 5.41) is 8.88. The van der Waals surface area contributed by atoms with Crippen molar-refractivity contribution in [1.29, 1.82) is 0 Å². The van der Waals surface area contributed by atoms with E-state index < -0.39 is 21.6 Å². The van der Waals surface area contributed by atoms with E-state index >= 15 is 0 Å². The highest BCUT2D eigenvalue weighted by atomic mass is 79.9. The van der Waals surface area contributed by atoms with Gasteiger partial charge in [-0.05, 0) is 53.9 Å². The fraction of sp³-hybridized carbons (Fsp3) is 0.462. The molecule has 1 aromatic carbocycles. The van der Waals surface area contributed by atoms with Gasteiger partial charge in [0.25, 0.3) is 0 Å². The van der Waals surface area contributed by atoms with Gasteiger partial charge in [0.1, 0.15) is 0 Å². The average molecular weight is 378 g/mol. The quantitative estimate of drug-likeness (QED) is 0.818. The molecule has 8 heteroatoms. The van der Waals surface area contributed by atoms with E-state index in [1.165, 1.54) is 18.2 Å². The molecule has 0 aromatic heterocycles. The molecule has 21 heavy (non-hydrogen) atoms. The van der Waals surface area contributed by atoms with E-state index in [4.69, 9.17) is 9.84 Å². The molecule has 1 aliphatic rings. The van der Waals surface area contributed by atoms with E-state index in [1.807, 2.05) is 6.92 Å². The predicted octanol–water partition coefficient (Wildman–Crippen LogP) is 1.99. The normalized spacial score (nSPS) is 22.4. The Balaban J connectivity index is 2.17. The summed E-state index contributed by atoms with van der Waals surface area (Å²) < 4.78 is 32.8. The minimum atomic E-state index is -3.73. The number of halogens is 1. The van der Waals surface area contributed by atoms with Crippen LogP contribution in [0.3, 0.4) is 0 Å². The lowest BCUT2D eigenvalue weighted by Crippen LogP contribution is -2.40. The number of hydrogen-bond donors (Lipinski definition) is 2. The van der Waals surface area contributed by atoms with Crippen LogP contribution in [0.1, 0.15) is 30.1 Å². The highest BCUT2D eigenvalue weighted by molar-refractivity contribution is 9.10. The molecule has 6 nitrogen and oxygen atoms in total. The van der Waals surface area contributed by atoms with E-state index in [0.29, 0.717) is 6.61 Å². The minimum absolute atomic E-state index is 0.00842. The highest BCUT2D eigenvalue weighted by Crippen LogP contribution is 2.26. The first-order valence-corrected chi connectivity index (χ1v) is 8.68. The van der Waals surface area contributed by atoms with Crippen LogP contribution in [0.4, 0.5) is 0 Å². The van der Waals surface area contributed by atoms with Crippen molar-refractivity contribution in [2.75, 3.05) is 13.2 Å². The fourth-order valence-electron chi connectivity index (χ4n) is 2.15. The molecular weight excluding hydrogens is 362 g/mol. The molecule has 0 saturated carbocycles. The third-order valence-corrected chi connectivity index (χ3v) is 5.78. The topological polar surface area (TPSA) is 92.7 Å². The van der Waals surface area contributed by atoms with Crippen LogP contribution in [0.15, 0.2) is 27.6 Å². The molecule has 1 fully saturated rings. The Bertz CT molecular complexity index is 653. The summed E-state index contributed by atoms with van der Waals surface area (Å²) in [4.78, 5) is 10.9. The summed E-state index contributed by atoms with van der Waals surface area (Å²) in [6.07, 6.45) is 1.71. The van der Waals surface area contributed by atoms with Crippen molar-refractivity contribution in [3.05, 3.63) is 28.2 Å². The second-order valence-corrected chi connectivity index (χ2v) is 7.77. The number of rotatable bonds is 5. The Morgan fingerprint density at radius 3 is 2.76 bits per heavy atom. The van der Waals surface area contributed by atoms with Crippen molar-refractivity contribution < 1.29 is 23.1 Å². The van der Waals surface area contributed by atoms with E-state index in [1.54, 1.807) is 0 Å². The van der Waals surface area contributed by atoms with Crippen molar-refractivity contribution in [3.63, 3.8) is 0 Å². The molecule has 0 amide bonds. The second-order valence-electron chi connectivity index (χ2n) is 5.18. The smallest absolute Gasteiger partial charge is 0.335 e. The van der Waals surface area contributed by atoms with Crippen molar-refractivity contribution >= 4 is 31.9 Å². The SMILES string of the molecule is CC1(CNS(=O)(=O)c2ccc(C(=O)O)cc2Br)CCCO1. The first-order chi connectivity index (χ1) is 9.73. The highest BCUT2D eigenvalue weighted by Gasteiger charge is 2.31. The summed E-state index contributed by atoms with van der Waals surface area (Å²) >= 11 is 3.10. The minimum Gasteiger partial charge on any atom is -0.478 e. The van der Waals surface area contributed by atoms with Crippen molar-refractivity contribution in [3.8, 4) is 0 Å². The number of aromatic carboxylic acids is 1. The second kappa shape index (κ2) is 6.04. The van der Waals surface area contributed by atoms with Crippen LogP contribution in [0, 0.1) is 0 Å². The molecule has 1 unspecified atom stereocenters. The molecule has 1 aromatic rings. The molecule has 1 heterocycles. The van der Waals surface area contributed by atoms with Crippen molar-refractivity contribution in [2.24, 2.45) is 0 Å². The van der Waals surface area contributed by atoms with Crippen LogP contribution in [-0.2, 0) is 14.8 Å². The van der Waals surface area contributed by atoms with Gasteiger partial charge in [-0.25, -0.2) is 17.9 Å². The van der Waals surface area contributed by atoms with Gasteiger partial charge < -0.3 is 9.84 Å². The third-order valence-electron chi connectivity index (χ3n) is 3.40. The zero-order chi connectivity index (χ0) is 15.7. The molecular formula is C13H16BrNO5S. The van der Waals surface area contributed by atoms with E-state index in [-0.39, 0.29) is 21.5 Å². The van der Waals surface area contributed by atoms with Crippen molar-refractivity contribution in [2.45, 2.75) is 30.3 Å². The maximum absolute atomic E-state index is 12.3. The molecule has 0 radical (unpaired) electrons. The summed E-state index contributed by atoms with van der Waals surface area (Å²) in [5.74, 6) is -1.11. The van der Waals surface area contributed by atoms with Crippen LogP contribution in [-0.4, -0.2) is 38.2 Å². The maximum Gasteiger partial charge on any atom is 0.335 e. The van der Waals surface area contributed by atoms with Crippen LogP contribution < -0.4 is 4.72 Å². The number of nitrogens with one attached hydrogen (secondary N) is 1. The zero-order valence-electron chi connectivity index (χ0n) is 11.4. The molecule has 116 valence electrons. The number of hydrogen-bond acceptors (Lipinski definition) is 4. The van der Waals surface area contributed by atoms with E-state index in [9.17, 15) is 13.2 Å². The largest absolute Gasteiger partial charge is 0.478 e. The lowest BCUT2D eigenvalue weighted by Gasteiger charge is -2.23. The van der Waals surface area contributed by atoms with Gasteiger partial charge >= 0.3 is 5.97 Å². The van der Waals surface area contributed by atoms with Crippen LogP contribution >= 0.6 is 15.9 Å². The van der Waals surface area contributed by atoms with Crippen LogP contribution in [0.25, 0.3) is 0 Å². The molecule has 2 N–H and O–H groups in total. The predicted molar refractivity (Wildman–Crippen MR) is 79.9 cm³/mol.